The van der Waals surface area contributed by atoms with Crippen molar-refractivity contribution in [2.24, 2.45) is 0 Å². The number of aromatic nitrogens is 2. The minimum Gasteiger partial charge on any atom is -0.497 e. The lowest BCUT2D eigenvalue weighted by Crippen LogP contribution is -1.93. The lowest BCUT2D eigenvalue weighted by molar-refractivity contribution is 0.412. The van der Waals surface area contributed by atoms with Crippen LogP contribution in [-0.2, 0) is 0 Å². The minimum atomic E-state index is 0.500. The van der Waals surface area contributed by atoms with Crippen molar-refractivity contribution < 1.29 is 9.47 Å². The lowest BCUT2D eigenvalue weighted by atomic mass is 10.2. The van der Waals surface area contributed by atoms with E-state index in [9.17, 15) is 0 Å². The lowest BCUT2D eigenvalue weighted by Gasteiger charge is -2.08. The summed E-state index contributed by atoms with van der Waals surface area (Å²) in [6.07, 6.45) is 1.46. The van der Waals surface area contributed by atoms with Gasteiger partial charge in [0.25, 0.3) is 0 Å². The van der Waals surface area contributed by atoms with Crippen molar-refractivity contribution >= 4 is 16.6 Å². The molecule has 20 heavy (non-hydrogen) atoms. The van der Waals surface area contributed by atoms with E-state index >= 15 is 0 Å². The maximum atomic E-state index is 5.78. The Morgan fingerprint density at radius 3 is 2.45 bits per heavy atom. The Kier molecular flexibility index (Phi) is 3.09. The molecule has 0 amide bonds. The fraction of sp³-hybridized carbons (Fsp3) is 0.0667. The molecule has 0 unspecified atom stereocenters. The first-order chi connectivity index (χ1) is 9.76. The Bertz CT molecular complexity index is 742. The zero-order valence-electron chi connectivity index (χ0n) is 10.9. The first kappa shape index (κ1) is 12.2. The summed E-state index contributed by atoms with van der Waals surface area (Å²) >= 11 is 0. The van der Waals surface area contributed by atoms with E-state index in [0.29, 0.717) is 17.3 Å². The Balaban J connectivity index is 1.97. The molecule has 0 aliphatic rings. The van der Waals surface area contributed by atoms with Crippen molar-refractivity contribution in [3.63, 3.8) is 0 Å². The number of methoxy groups -OCH3 is 1. The van der Waals surface area contributed by atoms with E-state index in [1.54, 1.807) is 19.2 Å². The summed E-state index contributed by atoms with van der Waals surface area (Å²) in [6.45, 7) is 0. The van der Waals surface area contributed by atoms with Gasteiger partial charge in [-0.2, -0.15) is 0 Å². The van der Waals surface area contributed by atoms with Crippen LogP contribution in [0.15, 0.2) is 48.8 Å². The summed E-state index contributed by atoms with van der Waals surface area (Å²) in [5, 5.41) is 0.817. The van der Waals surface area contributed by atoms with Gasteiger partial charge in [0.15, 0.2) is 0 Å². The molecule has 0 atom stereocenters. The van der Waals surface area contributed by atoms with Crippen molar-refractivity contribution in [2.45, 2.75) is 0 Å². The molecule has 0 saturated carbocycles. The van der Waals surface area contributed by atoms with Gasteiger partial charge in [-0.05, 0) is 42.5 Å². The summed E-state index contributed by atoms with van der Waals surface area (Å²) in [6, 6.07) is 12.7. The van der Waals surface area contributed by atoms with Gasteiger partial charge >= 0.3 is 0 Å². The average Bonchev–Trinajstić information content (AvgIpc) is 2.48. The van der Waals surface area contributed by atoms with E-state index in [1.807, 2.05) is 30.3 Å². The molecule has 5 heteroatoms. The summed E-state index contributed by atoms with van der Waals surface area (Å²) < 4.78 is 10.9. The molecule has 2 N–H and O–H groups in total. The second kappa shape index (κ2) is 5.05. The van der Waals surface area contributed by atoms with Crippen molar-refractivity contribution in [1.82, 2.24) is 9.97 Å². The molecular formula is C15H13N3O2. The summed E-state index contributed by atoms with van der Waals surface area (Å²) in [4.78, 5) is 8.35. The van der Waals surface area contributed by atoms with Crippen LogP contribution in [0.25, 0.3) is 10.9 Å². The Labute approximate surface area is 116 Å². The molecule has 3 rings (SSSR count). The van der Waals surface area contributed by atoms with Crippen LogP contribution in [0.4, 0.5) is 5.69 Å². The summed E-state index contributed by atoms with van der Waals surface area (Å²) in [7, 11) is 1.62. The van der Waals surface area contributed by atoms with Gasteiger partial charge in [0, 0.05) is 5.69 Å². The number of nitrogens with two attached hydrogens (primary N) is 1. The maximum Gasteiger partial charge on any atom is 0.230 e. The topological polar surface area (TPSA) is 70.3 Å². The van der Waals surface area contributed by atoms with Crippen LogP contribution < -0.4 is 15.2 Å². The smallest absolute Gasteiger partial charge is 0.230 e. The number of rotatable bonds is 3. The third kappa shape index (κ3) is 2.33. The molecule has 0 radical (unpaired) electrons. The molecule has 0 saturated heterocycles. The number of benzene rings is 2. The number of ether oxygens (including phenoxy) is 2. The SMILES string of the molecule is COc1ccc(Oc2ncnc3cc(N)ccc23)cc1. The van der Waals surface area contributed by atoms with Gasteiger partial charge in [-0.15, -0.1) is 0 Å². The largest absolute Gasteiger partial charge is 0.497 e. The zero-order valence-corrected chi connectivity index (χ0v) is 10.9. The zero-order chi connectivity index (χ0) is 13.9. The van der Waals surface area contributed by atoms with Gasteiger partial charge in [-0.1, -0.05) is 0 Å². The van der Waals surface area contributed by atoms with Crippen LogP contribution in [0.5, 0.6) is 17.4 Å². The molecule has 0 fully saturated rings. The third-order valence-electron chi connectivity index (χ3n) is 2.90. The Hall–Kier alpha value is -2.82. The van der Waals surface area contributed by atoms with Gasteiger partial charge in [0.2, 0.25) is 5.88 Å². The second-order valence-electron chi connectivity index (χ2n) is 4.23. The molecule has 0 spiro atoms. The molecule has 0 bridgehead atoms. The van der Waals surface area contributed by atoms with Crippen LogP contribution in [0.2, 0.25) is 0 Å². The highest BCUT2D eigenvalue weighted by molar-refractivity contribution is 5.85. The van der Waals surface area contributed by atoms with Gasteiger partial charge in [0.05, 0.1) is 18.0 Å². The molecule has 3 aromatic rings. The highest BCUT2D eigenvalue weighted by atomic mass is 16.5. The van der Waals surface area contributed by atoms with E-state index in [0.717, 1.165) is 16.7 Å². The van der Waals surface area contributed by atoms with E-state index in [1.165, 1.54) is 6.33 Å². The summed E-state index contributed by atoms with van der Waals surface area (Å²) in [5.41, 5.74) is 7.16. The van der Waals surface area contributed by atoms with E-state index in [2.05, 4.69) is 9.97 Å². The molecular weight excluding hydrogens is 254 g/mol. The van der Waals surface area contributed by atoms with Crippen LogP contribution >= 0.6 is 0 Å². The predicted molar refractivity (Wildman–Crippen MR) is 77.0 cm³/mol. The van der Waals surface area contributed by atoms with Crippen molar-refractivity contribution in [3.05, 3.63) is 48.8 Å². The van der Waals surface area contributed by atoms with Crippen LogP contribution in [0, 0.1) is 0 Å². The molecule has 0 aliphatic carbocycles. The number of nitrogen functional groups attached to an aromatic ring is 1. The summed E-state index contributed by atoms with van der Waals surface area (Å²) in [5.74, 6) is 1.96. The number of nitrogens with zero attached hydrogens (tertiary/aromatic N) is 2. The van der Waals surface area contributed by atoms with Gasteiger partial charge in [0.1, 0.15) is 17.8 Å². The van der Waals surface area contributed by atoms with E-state index in [4.69, 9.17) is 15.2 Å². The normalized spacial score (nSPS) is 10.4. The van der Waals surface area contributed by atoms with Crippen molar-refractivity contribution in [3.8, 4) is 17.4 Å². The highest BCUT2D eigenvalue weighted by Gasteiger charge is 2.06. The monoisotopic (exact) mass is 267 g/mol. The third-order valence-corrected chi connectivity index (χ3v) is 2.90. The number of hydrogen-bond acceptors (Lipinski definition) is 5. The van der Waals surface area contributed by atoms with Gasteiger partial charge in [-0.25, -0.2) is 9.97 Å². The predicted octanol–water partition coefficient (Wildman–Crippen LogP) is 3.01. The van der Waals surface area contributed by atoms with Crippen LogP contribution in [-0.4, -0.2) is 17.1 Å². The maximum absolute atomic E-state index is 5.78. The van der Waals surface area contributed by atoms with E-state index in [-0.39, 0.29) is 0 Å². The van der Waals surface area contributed by atoms with Crippen molar-refractivity contribution in [1.29, 1.82) is 0 Å². The van der Waals surface area contributed by atoms with Crippen molar-refractivity contribution in [2.75, 3.05) is 12.8 Å². The van der Waals surface area contributed by atoms with Crippen LogP contribution in [0.1, 0.15) is 0 Å². The quantitative estimate of drug-likeness (QED) is 0.739. The number of hydrogen-bond donors (Lipinski definition) is 1. The second-order valence-corrected chi connectivity index (χ2v) is 4.23. The highest BCUT2D eigenvalue weighted by Crippen LogP contribution is 2.28. The minimum absolute atomic E-state index is 0.500. The fourth-order valence-electron chi connectivity index (χ4n) is 1.89. The number of fused-ring (bicyclic) bond motifs is 1. The fourth-order valence-corrected chi connectivity index (χ4v) is 1.89. The molecule has 2 aromatic carbocycles. The average molecular weight is 267 g/mol. The molecule has 1 aromatic heterocycles. The van der Waals surface area contributed by atoms with E-state index < -0.39 is 0 Å². The molecule has 1 heterocycles. The first-order valence-electron chi connectivity index (χ1n) is 6.08. The Morgan fingerprint density at radius 2 is 1.70 bits per heavy atom. The standard InChI is InChI=1S/C15H13N3O2/c1-19-11-3-5-12(6-4-11)20-15-13-7-2-10(16)8-14(13)17-9-18-15/h2-9H,16H2,1H3. The molecule has 0 aliphatic heterocycles. The molecule has 5 nitrogen and oxygen atoms in total. The van der Waals surface area contributed by atoms with Gasteiger partial charge in [-0.3, -0.25) is 0 Å². The first-order valence-corrected chi connectivity index (χ1v) is 6.08. The van der Waals surface area contributed by atoms with Crippen LogP contribution in [0.3, 0.4) is 0 Å². The van der Waals surface area contributed by atoms with Gasteiger partial charge < -0.3 is 15.2 Å². The Morgan fingerprint density at radius 1 is 0.950 bits per heavy atom. The molecule has 100 valence electrons. The number of anilines is 1.